The third-order valence-corrected chi connectivity index (χ3v) is 8.04. The monoisotopic (exact) mass is 493 g/mol. The van der Waals surface area contributed by atoms with E-state index in [1.165, 1.54) is 39.0 Å². The Morgan fingerprint density at radius 1 is 0.933 bits per heavy atom. The predicted octanol–water partition coefficient (Wildman–Crippen LogP) is 6.32. The van der Waals surface area contributed by atoms with E-state index >= 15 is 0 Å². The van der Waals surface area contributed by atoms with Crippen LogP contribution in [0.5, 0.6) is 0 Å². The third-order valence-electron chi connectivity index (χ3n) is 5.90. The van der Waals surface area contributed by atoms with Crippen molar-refractivity contribution in [1.82, 2.24) is 4.57 Å². The van der Waals surface area contributed by atoms with Crippen LogP contribution in [0, 0.1) is 0 Å². The molecule has 0 bridgehead atoms. The summed E-state index contributed by atoms with van der Waals surface area (Å²) in [6, 6.07) is 18.1. The molecule has 0 radical (unpaired) electrons. The minimum atomic E-state index is -1.86. The molecule has 0 aliphatic heterocycles. The van der Waals surface area contributed by atoms with Gasteiger partial charge >= 0.3 is 8.84 Å². The molecule has 2 aromatic carbocycles. The molecular formula is C24H29Cl2NOSiTi. The number of fused-ring (bicyclic) bond motifs is 5. The van der Waals surface area contributed by atoms with Crippen molar-refractivity contribution >= 4 is 44.8 Å². The average molecular weight is 494 g/mol. The van der Waals surface area contributed by atoms with Gasteiger partial charge in [0.2, 0.25) is 0 Å². The number of benzene rings is 2. The Bertz CT molecular complexity index is 995. The quantitative estimate of drug-likeness (QED) is 0.466. The zero-order valence-corrected chi connectivity index (χ0v) is 22.2. The summed E-state index contributed by atoms with van der Waals surface area (Å²) in [6.45, 7) is 6.38. The van der Waals surface area contributed by atoms with Crippen molar-refractivity contribution < 1.29 is 26.2 Å². The first-order chi connectivity index (χ1) is 12.9. The molecule has 2 aliphatic rings. The number of allylic oxidation sites excluding steroid dienone is 4. The molecule has 30 heavy (non-hydrogen) atoms. The molecule has 2 aliphatic carbocycles. The molecule has 2 aromatic rings. The summed E-state index contributed by atoms with van der Waals surface area (Å²) in [4.78, 5) is 0. The average Bonchev–Trinajstić information content (AvgIpc) is 2.98. The normalized spacial score (nSPS) is 13.9. The molecule has 158 valence electrons. The summed E-state index contributed by atoms with van der Waals surface area (Å²) in [5, 5.41) is 0. The van der Waals surface area contributed by atoms with E-state index in [0.29, 0.717) is 6.04 Å². The van der Waals surface area contributed by atoms with Gasteiger partial charge in [-0.25, -0.2) is 0 Å². The van der Waals surface area contributed by atoms with Crippen LogP contribution in [0.1, 0.15) is 49.4 Å². The van der Waals surface area contributed by atoms with E-state index < -0.39 is 8.84 Å². The largest absolute Gasteiger partial charge is 0.399 e. The molecule has 0 N–H and O–H groups in total. The minimum Gasteiger partial charge on any atom is -0.375 e. The summed E-state index contributed by atoms with van der Waals surface area (Å²) >= 11 is 0. The van der Waals surface area contributed by atoms with Crippen LogP contribution in [0.25, 0.3) is 11.1 Å². The summed E-state index contributed by atoms with van der Waals surface area (Å²) < 4.78 is 15.2. The molecule has 0 atom stereocenters. The summed E-state index contributed by atoms with van der Waals surface area (Å²) in [5.74, 6) is 0. The zero-order chi connectivity index (χ0) is 19.2. The predicted molar refractivity (Wildman–Crippen MR) is 128 cm³/mol. The van der Waals surface area contributed by atoms with Crippen molar-refractivity contribution in [3.8, 4) is 0 Å². The van der Waals surface area contributed by atoms with E-state index in [1.807, 2.05) is 7.05 Å². The fourth-order valence-corrected chi connectivity index (χ4v) is 5.77. The number of halogens is 2. The molecule has 2 nitrogen and oxygen atoms in total. The Morgan fingerprint density at radius 3 is 2.07 bits per heavy atom. The molecule has 0 saturated carbocycles. The first-order valence-corrected chi connectivity index (χ1v) is 11.3. The molecule has 4 rings (SSSR count). The summed E-state index contributed by atoms with van der Waals surface area (Å²) in [6.07, 6.45) is 4.21. The van der Waals surface area contributed by atoms with Gasteiger partial charge in [0, 0.05) is 40.3 Å². The van der Waals surface area contributed by atoms with Crippen molar-refractivity contribution in [3.05, 3.63) is 82.4 Å². The van der Waals surface area contributed by atoms with Gasteiger partial charge in [-0.1, -0.05) is 60.2 Å². The second-order valence-corrected chi connectivity index (χ2v) is 10.4. The van der Waals surface area contributed by atoms with Gasteiger partial charge in [-0.05, 0) is 67.0 Å². The Hall–Kier alpha value is -0.969. The molecule has 0 fully saturated rings. The van der Waals surface area contributed by atoms with Gasteiger partial charge in [-0.2, -0.15) is 0 Å². The minimum absolute atomic E-state index is 0. The molecule has 0 heterocycles. The molecule has 6 heteroatoms. The maximum Gasteiger partial charge on any atom is 0.399 e. The van der Waals surface area contributed by atoms with Gasteiger partial charge in [-0.15, -0.1) is 24.8 Å². The van der Waals surface area contributed by atoms with Crippen molar-refractivity contribution in [2.24, 2.45) is 0 Å². The van der Waals surface area contributed by atoms with E-state index in [0.717, 1.165) is 12.8 Å². The van der Waals surface area contributed by atoms with E-state index in [9.17, 15) is 4.46 Å². The maximum atomic E-state index is 13.1. The Kier molecular flexibility index (Phi) is 9.53. The first-order valence-electron chi connectivity index (χ1n) is 9.72. The van der Waals surface area contributed by atoms with Gasteiger partial charge in [0.1, 0.15) is 0 Å². The molecular weight excluding hydrogens is 465 g/mol. The number of hydrogen-bond donors (Lipinski definition) is 0. The molecule has 0 amide bonds. The second-order valence-electron chi connectivity index (χ2n) is 8.59. The van der Waals surface area contributed by atoms with Crippen LogP contribution < -0.4 is 0 Å². The van der Waals surface area contributed by atoms with Crippen LogP contribution in [-0.4, -0.2) is 26.0 Å². The van der Waals surface area contributed by atoms with Crippen LogP contribution in [-0.2, 0) is 32.6 Å². The second kappa shape index (κ2) is 10.6. The van der Waals surface area contributed by atoms with Gasteiger partial charge in [0.15, 0.2) is 0 Å². The first kappa shape index (κ1) is 27.1. The standard InChI is InChI=1S/C24H27NOSi.2ClH.Ti/c1-24(2,3)25(4)27(26)16-19-13-14-22-20-11-7-5-9-17(20)15-18-10-6-8-12-21(18)23(19)22;;;/h5-12,14H,13,15-16H2,1-4H3;2*1H;. The van der Waals surface area contributed by atoms with E-state index in [2.05, 4.69) is 79.9 Å². The van der Waals surface area contributed by atoms with E-state index in [4.69, 9.17) is 0 Å². The SMILES string of the molecule is CN([Si](=O)CC1=C2C(=CC1)c1ccccc1Cc1ccccc12)C(C)(C)C.Cl.Cl.[Ti]. The van der Waals surface area contributed by atoms with Crippen LogP contribution in [0.15, 0.2) is 60.2 Å². The summed E-state index contributed by atoms with van der Waals surface area (Å²) in [7, 11) is 0.137. The van der Waals surface area contributed by atoms with Crippen molar-refractivity contribution in [2.45, 2.75) is 45.2 Å². The van der Waals surface area contributed by atoms with E-state index in [1.54, 1.807) is 0 Å². The molecule has 0 aromatic heterocycles. The smallest absolute Gasteiger partial charge is 0.375 e. The van der Waals surface area contributed by atoms with Gasteiger partial charge in [-0.3, -0.25) is 0 Å². The zero-order valence-electron chi connectivity index (χ0n) is 18.0. The third kappa shape index (κ3) is 5.08. The number of rotatable bonds is 3. The van der Waals surface area contributed by atoms with Gasteiger partial charge in [0.25, 0.3) is 0 Å². The Morgan fingerprint density at radius 2 is 1.47 bits per heavy atom. The Labute approximate surface area is 209 Å². The van der Waals surface area contributed by atoms with E-state index in [-0.39, 0.29) is 52.1 Å². The maximum absolute atomic E-state index is 13.1. The Balaban J connectivity index is 0.00000150. The van der Waals surface area contributed by atoms with Gasteiger partial charge in [0.05, 0.1) is 0 Å². The molecule has 0 unspecified atom stereocenters. The van der Waals surface area contributed by atoms with Gasteiger partial charge < -0.3 is 9.03 Å². The van der Waals surface area contributed by atoms with Crippen molar-refractivity contribution in [2.75, 3.05) is 7.05 Å². The van der Waals surface area contributed by atoms with Crippen molar-refractivity contribution in [1.29, 1.82) is 0 Å². The van der Waals surface area contributed by atoms with Crippen LogP contribution in [0.3, 0.4) is 0 Å². The number of hydrogen-bond acceptors (Lipinski definition) is 1. The van der Waals surface area contributed by atoms with Crippen LogP contribution in [0.4, 0.5) is 0 Å². The van der Waals surface area contributed by atoms with Crippen LogP contribution >= 0.6 is 24.8 Å². The fourth-order valence-electron chi connectivity index (χ4n) is 4.10. The molecule has 0 saturated heterocycles. The number of nitrogens with zero attached hydrogens (tertiary/aromatic N) is 1. The topological polar surface area (TPSA) is 20.3 Å². The van der Waals surface area contributed by atoms with Crippen LogP contribution in [0.2, 0.25) is 6.04 Å². The van der Waals surface area contributed by atoms with Crippen molar-refractivity contribution in [3.63, 3.8) is 0 Å². The summed E-state index contributed by atoms with van der Waals surface area (Å²) in [5.41, 5.74) is 9.32. The molecule has 0 spiro atoms. The fraction of sp³-hybridized carbons (Fsp3) is 0.333.